The van der Waals surface area contributed by atoms with Gasteiger partial charge in [-0.15, -0.1) is 0 Å². The summed E-state index contributed by atoms with van der Waals surface area (Å²) in [5.41, 5.74) is 0. The molecule has 81 heavy (non-hydrogen) atoms. The van der Waals surface area contributed by atoms with Crippen molar-refractivity contribution >= 4 is 11.9 Å². The zero-order valence-electron chi connectivity index (χ0n) is 55.3. The molecule has 2 unspecified atom stereocenters. The first kappa shape index (κ1) is 79.6. The summed E-state index contributed by atoms with van der Waals surface area (Å²) in [4.78, 5) is 24.6. The highest BCUT2D eigenvalue weighted by Crippen LogP contribution is 2.20. The Bertz CT molecular complexity index is 1220. The van der Waals surface area contributed by atoms with E-state index in [0.717, 1.165) is 44.9 Å². The molecular formula is C75H147NO5. The summed E-state index contributed by atoms with van der Waals surface area (Å²) < 4.78 is 5.50. The lowest BCUT2D eigenvalue weighted by Crippen LogP contribution is -2.45. The second kappa shape index (κ2) is 71.1. The summed E-state index contributed by atoms with van der Waals surface area (Å²) in [5.74, 6) is -0.0109. The number of unbranched alkanes of at least 4 members (excludes halogenated alkanes) is 58. The first-order valence-corrected chi connectivity index (χ1v) is 37.4. The Labute approximate surface area is 508 Å². The maximum absolute atomic E-state index is 12.5. The van der Waals surface area contributed by atoms with E-state index in [2.05, 4.69) is 31.3 Å². The molecule has 0 aliphatic carbocycles. The van der Waals surface area contributed by atoms with E-state index in [1.165, 1.54) is 353 Å². The lowest BCUT2D eigenvalue weighted by atomic mass is 10.0. The predicted octanol–water partition coefficient (Wildman–Crippen LogP) is 24.3. The predicted molar refractivity (Wildman–Crippen MR) is 357 cm³/mol. The molecule has 6 heteroatoms. The molecule has 0 aromatic carbocycles. The molecular weight excluding hydrogens is 995 g/mol. The van der Waals surface area contributed by atoms with Crippen LogP contribution in [0.2, 0.25) is 0 Å². The second-order valence-corrected chi connectivity index (χ2v) is 26.0. The Kier molecular flexibility index (Phi) is 69.9. The summed E-state index contributed by atoms with van der Waals surface area (Å²) in [7, 11) is 0. The van der Waals surface area contributed by atoms with Crippen LogP contribution < -0.4 is 5.32 Å². The molecule has 482 valence electrons. The molecule has 0 fully saturated rings. The fourth-order valence-electron chi connectivity index (χ4n) is 12.1. The number of hydrogen-bond donors (Lipinski definition) is 3. The third kappa shape index (κ3) is 67.6. The number of ether oxygens (including phenoxy) is 1. The number of amides is 1. The number of esters is 1. The molecule has 0 bridgehead atoms. The summed E-state index contributed by atoms with van der Waals surface area (Å²) in [5, 5.41) is 23.2. The second-order valence-electron chi connectivity index (χ2n) is 26.0. The lowest BCUT2D eigenvalue weighted by Gasteiger charge is -2.22. The van der Waals surface area contributed by atoms with Crippen molar-refractivity contribution in [2.45, 2.75) is 443 Å². The van der Waals surface area contributed by atoms with Gasteiger partial charge in [0.05, 0.1) is 25.4 Å². The van der Waals surface area contributed by atoms with Crippen LogP contribution in [0.3, 0.4) is 0 Å². The number of allylic oxidation sites excluding steroid dienone is 2. The van der Waals surface area contributed by atoms with Crippen LogP contribution in [0, 0.1) is 0 Å². The molecule has 0 radical (unpaired) electrons. The van der Waals surface area contributed by atoms with Gasteiger partial charge in [-0.05, 0) is 51.4 Å². The van der Waals surface area contributed by atoms with Gasteiger partial charge in [0.2, 0.25) is 5.91 Å². The molecule has 0 aromatic heterocycles. The van der Waals surface area contributed by atoms with Crippen LogP contribution in [-0.2, 0) is 14.3 Å². The van der Waals surface area contributed by atoms with Gasteiger partial charge in [0, 0.05) is 12.8 Å². The maximum Gasteiger partial charge on any atom is 0.305 e. The quantitative estimate of drug-likeness (QED) is 0.0320. The summed E-state index contributed by atoms with van der Waals surface area (Å²) in [6.07, 6.45) is 88.8. The average Bonchev–Trinajstić information content (AvgIpc) is 3.47. The molecule has 6 nitrogen and oxygen atoms in total. The molecule has 0 aliphatic heterocycles. The van der Waals surface area contributed by atoms with Crippen LogP contribution in [0.4, 0.5) is 0 Å². The van der Waals surface area contributed by atoms with Crippen molar-refractivity contribution in [2.75, 3.05) is 13.2 Å². The van der Waals surface area contributed by atoms with E-state index in [1.54, 1.807) is 0 Å². The topological polar surface area (TPSA) is 95.9 Å². The van der Waals surface area contributed by atoms with Gasteiger partial charge in [0.1, 0.15) is 0 Å². The standard InChI is InChI=1S/C75H147NO5/c1-3-5-7-9-11-13-15-16-17-42-45-49-53-57-61-65-69-75(80)81-70-66-62-58-54-50-46-43-40-38-36-34-32-30-28-26-24-22-20-18-19-21-23-25-27-29-31-33-35-37-39-41-44-48-52-56-60-64-68-74(79)76-72(71-77)73(78)67-63-59-55-51-47-14-12-10-8-6-4-2/h17,42,72-73,77-78H,3-16,18-41,43-71H2,1-2H3,(H,76,79)/b42-17-. The van der Waals surface area contributed by atoms with Gasteiger partial charge in [-0.25, -0.2) is 0 Å². The minimum atomic E-state index is -0.658. The number of aliphatic hydroxyl groups is 2. The van der Waals surface area contributed by atoms with Gasteiger partial charge in [0.25, 0.3) is 0 Å². The Morgan fingerprint density at radius 3 is 0.877 bits per heavy atom. The first-order valence-electron chi connectivity index (χ1n) is 37.4. The zero-order valence-corrected chi connectivity index (χ0v) is 55.3. The van der Waals surface area contributed by atoms with Gasteiger partial charge in [-0.1, -0.05) is 379 Å². The normalized spacial score (nSPS) is 12.5. The average molecular weight is 1140 g/mol. The van der Waals surface area contributed by atoms with Gasteiger partial charge in [0.15, 0.2) is 0 Å². The van der Waals surface area contributed by atoms with Gasteiger partial charge in [-0.3, -0.25) is 9.59 Å². The fraction of sp³-hybridized carbons (Fsp3) is 0.947. The molecule has 0 rings (SSSR count). The van der Waals surface area contributed by atoms with Crippen LogP contribution in [-0.4, -0.2) is 47.4 Å². The Hall–Kier alpha value is -1.40. The Morgan fingerprint density at radius 2 is 0.580 bits per heavy atom. The van der Waals surface area contributed by atoms with E-state index in [9.17, 15) is 19.8 Å². The Balaban J connectivity index is 3.27. The molecule has 0 heterocycles. The fourth-order valence-corrected chi connectivity index (χ4v) is 12.1. The number of nitrogens with one attached hydrogen (secondary N) is 1. The third-order valence-electron chi connectivity index (χ3n) is 17.8. The molecule has 0 saturated heterocycles. The first-order chi connectivity index (χ1) is 40.0. The van der Waals surface area contributed by atoms with E-state index in [-0.39, 0.29) is 18.5 Å². The molecule has 0 aliphatic rings. The van der Waals surface area contributed by atoms with Crippen molar-refractivity contribution in [3.63, 3.8) is 0 Å². The van der Waals surface area contributed by atoms with Crippen molar-refractivity contribution in [3.05, 3.63) is 12.2 Å². The monoisotopic (exact) mass is 1140 g/mol. The molecule has 1 amide bonds. The third-order valence-corrected chi connectivity index (χ3v) is 17.8. The number of rotatable bonds is 71. The van der Waals surface area contributed by atoms with E-state index in [4.69, 9.17) is 4.74 Å². The van der Waals surface area contributed by atoms with Crippen molar-refractivity contribution in [3.8, 4) is 0 Å². The van der Waals surface area contributed by atoms with Crippen LogP contribution in [0.25, 0.3) is 0 Å². The minimum absolute atomic E-state index is 0.0168. The van der Waals surface area contributed by atoms with Crippen LogP contribution in [0.15, 0.2) is 12.2 Å². The Morgan fingerprint density at radius 1 is 0.333 bits per heavy atom. The highest BCUT2D eigenvalue weighted by atomic mass is 16.5. The number of aliphatic hydroxyl groups excluding tert-OH is 2. The van der Waals surface area contributed by atoms with Crippen LogP contribution in [0.5, 0.6) is 0 Å². The number of carbonyl (C=O) groups is 2. The van der Waals surface area contributed by atoms with Crippen molar-refractivity contribution in [1.29, 1.82) is 0 Å². The number of carbonyl (C=O) groups excluding carboxylic acids is 2. The van der Waals surface area contributed by atoms with Gasteiger partial charge >= 0.3 is 5.97 Å². The molecule has 3 N–H and O–H groups in total. The van der Waals surface area contributed by atoms with Crippen LogP contribution >= 0.6 is 0 Å². The zero-order chi connectivity index (χ0) is 58.5. The SMILES string of the molecule is CCCCCCCCC/C=C\CCCCCCCC(=O)OCCCCCCCCCCCCCCCCCCCCCCCCCCCCCCCCCCCCCCCC(=O)NC(CO)C(O)CCCCCCCCCCCCC. The minimum Gasteiger partial charge on any atom is -0.466 e. The van der Waals surface area contributed by atoms with E-state index in [1.807, 2.05) is 0 Å². The van der Waals surface area contributed by atoms with Crippen LogP contribution in [0.1, 0.15) is 431 Å². The number of hydrogen-bond acceptors (Lipinski definition) is 5. The van der Waals surface area contributed by atoms with Gasteiger partial charge < -0.3 is 20.3 Å². The smallest absolute Gasteiger partial charge is 0.305 e. The molecule has 2 atom stereocenters. The molecule has 0 spiro atoms. The van der Waals surface area contributed by atoms with Crippen molar-refractivity contribution < 1.29 is 24.5 Å². The van der Waals surface area contributed by atoms with Gasteiger partial charge in [-0.2, -0.15) is 0 Å². The highest BCUT2D eigenvalue weighted by Gasteiger charge is 2.20. The summed E-state index contributed by atoms with van der Waals surface area (Å²) in [6.45, 7) is 4.98. The van der Waals surface area contributed by atoms with Crippen molar-refractivity contribution in [2.24, 2.45) is 0 Å². The molecule has 0 saturated carbocycles. The largest absolute Gasteiger partial charge is 0.466 e. The van der Waals surface area contributed by atoms with Crippen molar-refractivity contribution in [1.82, 2.24) is 5.32 Å². The summed E-state index contributed by atoms with van der Waals surface area (Å²) >= 11 is 0. The van der Waals surface area contributed by atoms with E-state index in [0.29, 0.717) is 25.9 Å². The van der Waals surface area contributed by atoms with E-state index < -0.39 is 12.1 Å². The lowest BCUT2D eigenvalue weighted by molar-refractivity contribution is -0.143. The maximum atomic E-state index is 12.5. The van der Waals surface area contributed by atoms with E-state index >= 15 is 0 Å². The summed E-state index contributed by atoms with van der Waals surface area (Å²) in [6, 6.07) is -0.535. The highest BCUT2D eigenvalue weighted by molar-refractivity contribution is 5.76. The molecule has 0 aromatic rings.